The Morgan fingerprint density at radius 1 is 0.554 bits per heavy atom. The van der Waals surface area contributed by atoms with Gasteiger partial charge in [-0.2, -0.15) is 8.42 Å². The fraction of sp³-hybridized carbons (Fsp3) is 0.380. The zero-order chi connectivity index (χ0) is 45.5. The lowest BCUT2D eigenvalue weighted by Gasteiger charge is -2.48. The van der Waals surface area contributed by atoms with E-state index < -0.39 is 84.1 Å². The highest BCUT2D eigenvalue weighted by molar-refractivity contribution is 7.85. The van der Waals surface area contributed by atoms with Gasteiger partial charge < -0.3 is 47.7 Å². The molecule has 0 spiro atoms. The van der Waals surface area contributed by atoms with Crippen molar-refractivity contribution in [2.75, 3.05) is 26.1 Å². The van der Waals surface area contributed by atoms with Gasteiger partial charge in [-0.25, -0.2) is 0 Å². The maximum absolute atomic E-state index is 12.4. The second kappa shape index (κ2) is 23.5. The summed E-state index contributed by atoms with van der Waals surface area (Å²) >= 11 is 0. The molecule has 346 valence electrons. The molecule has 2 aliphatic heterocycles. The van der Waals surface area contributed by atoms with Gasteiger partial charge in [0.1, 0.15) is 55.9 Å². The number of aliphatic hydroxyl groups is 1. The molecule has 65 heavy (non-hydrogen) atoms. The van der Waals surface area contributed by atoms with Crippen LogP contribution in [0.3, 0.4) is 0 Å². The molecule has 2 aliphatic rings. The van der Waals surface area contributed by atoms with Crippen molar-refractivity contribution in [1.82, 2.24) is 0 Å². The normalized spacial score (nSPS) is 25.6. The molecule has 2 heterocycles. The summed E-state index contributed by atoms with van der Waals surface area (Å²) in [5, 5.41) is 11.6. The van der Waals surface area contributed by atoms with E-state index in [0.717, 1.165) is 34.1 Å². The van der Waals surface area contributed by atoms with Crippen LogP contribution in [0.2, 0.25) is 0 Å². The van der Waals surface area contributed by atoms with Gasteiger partial charge in [-0.1, -0.05) is 152 Å². The van der Waals surface area contributed by atoms with Crippen LogP contribution in [-0.2, 0) is 94.8 Å². The summed E-state index contributed by atoms with van der Waals surface area (Å²) in [7, 11) is -3.97. The number of rotatable bonds is 23. The lowest BCUT2D eigenvalue weighted by atomic mass is 9.97. The molecule has 0 aliphatic carbocycles. The largest absolute Gasteiger partial charge is 0.463 e. The Balaban J connectivity index is 1.30. The summed E-state index contributed by atoms with van der Waals surface area (Å²) in [6.45, 7) is 0.153. The van der Waals surface area contributed by atoms with E-state index in [1.165, 1.54) is 6.92 Å². The Morgan fingerprint density at radius 2 is 0.954 bits per heavy atom. The van der Waals surface area contributed by atoms with Crippen molar-refractivity contribution < 1.29 is 65.1 Å². The zero-order valence-electron chi connectivity index (χ0n) is 36.4. The Hall–Kier alpha value is -4.88. The molecule has 15 heteroatoms. The fourth-order valence-corrected chi connectivity index (χ4v) is 8.11. The van der Waals surface area contributed by atoms with Crippen LogP contribution in [0, 0.1) is 0 Å². The van der Waals surface area contributed by atoms with Crippen molar-refractivity contribution in [3.05, 3.63) is 179 Å². The first-order valence-electron chi connectivity index (χ1n) is 21.5. The van der Waals surface area contributed by atoms with E-state index in [0.29, 0.717) is 0 Å². The third kappa shape index (κ3) is 13.8. The van der Waals surface area contributed by atoms with E-state index in [1.807, 2.05) is 152 Å². The van der Waals surface area contributed by atoms with Gasteiger partial charge in [0.2, 0.25) is 5.79 Å². The highest BCUT2D eigenvalue weighted by Gasteiger charge is 2.61. The smallest absolute Gasteiger partial charge is 0.302 e. The van der Waals surface area contributed by atoms with Crippen LogP contribution in [0.4, 0.5) is 0 Å². The van der Waals surface area contributed by atoms with Gasteiger partial charge in [-0.15, -0.1) is 0 Å². The van der Waals surface area contributed by atoms with E-state index >= 15 is 0 Å². The van der Waals surface area contributed by atoms with Gasteiger partial charge in [0.25, 0.3) is 10.1 Å². The van der Waals surface area contributed by atoms with Gasteiger partial charge in [-0.05, 0) is 27.8 Å². The minimum Gasteiger partial charge on any atom is -0.463 e. The van der Waals surface area contributed by atoms with Crippen molar-refractivity contribution in [2.24, 2.45) is 0 Å². The fourth-order valence-electron chi connectivity index (χ4n) is 7.73. The summed E-state index contributed by atoms with van der Waals surface area (Å²) in [5.41, 5.74) is 4.19. The summed E-state index contributed by atoms with van der Waals surface area (Å²) in [4.78, 5) is 12.4. The van der Waals surface area contributed by atoms with Crippen LogP contribution in [0.1, 0.15) is 34.7 Å². The minimum absolute atomic E-state index is 0.0254. The third-order valence-corrected chi connectivity index (χ3v) is 11.5. The number of carbonyl (C=O) groups excluding carboxylic acids is 1. The minimum atomic E-state index is -3.97. The van der Waals surface area contributed by atoms with E-state index in [-0.39, 0.29) is 39.6 Å². The Labute approximate surface area is 380 Å². The van der Waals surface area contributed by atoms with Gasteiger partial charge in [0.05, 0.1) is 45.9 Å². The lowest BCUT2D eigenvalue weighted by Crippen LogP contribution is -2.64. The number of aliphatic hydroxyl groups excluding tert-OH is 1. The summed E-state index contributed by atoms with van der Waals surface area (Å²) in [6, 6.07) is 47.4. The number of esters is 1. The molecule has 5 aromatic carbocycles. The van der Waals surface area contributed by atoms with E-state index in [4.69, 9.17) is 46.8 Å². The van der Waals surface area contributed by atoms with Crippen LogP contribution in [0.25, 0.3) is 0 Å². The standard InChI is InChI=1S/C50H56O14S/c1-36(52)55-33-42-44(56-28-37-18-8-3-9-19-37)46(58-30-39-22-12-5-13-23-39)47(59-31-40-24-14-6-15-25-40)49(62-42)64-50(35-51)48(60-32-41-26-16-7-17-27-41)45(43(63-50)34-61-65(2,53)54)57-29-38-20-10-4-11-21-38/h3-27,42-49,51H,28-35H2,1-2H3/t42-,43-,44-,45-,46+,47-,48+,49-,50+/m1/s1. The molecule has 0 saturated carbocycles. The Morgan fingerprint density at radius 3 is 1.37 bits per heavy atom. The predicted octanol–water partition coefficient (Wildman–Crippen LogP) is 6.28. The first-order chi connectivity index (χ1) is 31.6. The zero-order valence-corrected chi connectivity index (χ0v) is 37.2. The van der Waals surface area contributed by atoms with E-state index in [9.17, 15) is 18.3 Å². The first-order valence-corrected chi connectivity index (χ1v) is 23.3. The topological polar surface area (TPSA) is 164 Å². The Kier molecular flexibility index (Phi) is 17.4. The second-order valence-corrected chi connectivity index (χ2v) is 17.5. The van der Waals surface area contributed by atoms with E-state index in [2.05, 4.69) is 0 Å². The average Bonchev–Trinajstić information content (AvgIpc) is 3.62. The highest BCUT2D eigenvalue weighted by atomic mass is 32.2. The maximum Gasteiger partial charge on any atom is 0.302 e. The monoisotopic (exact) mass is 912 g/mol. The number of ether oxygens (including phenoxy) is 9. The molecule has 0 amide bonds. The maximum atomic E-state index is 12.4. The SMILES string of the molecule is CC(=O)OC[C@H]1O[C@H](O[C@]2(CO)O[C@H](COS(C)(=O)=O)[C@@H](OCc3ccccc3)[C@@H]2OCc2ccccc2)[C@H](OCc2ccccc2)[C@@H](OCc2ccccc2)[C@@H]1OCc1ccccc1. The number of hydrogen-bond acceptors (Lipinski definition) is 14. The first kappa shape index (κ1) is 48.1. The highest BCUT2D eigenvalue weighted by Crippen LogP contribution is 2.42. The van der Waals surface area contributed by atoms with Crippen molar-refractivity contribution in [3.63, 3.8) is 0 Å². The van der Waals surface area contributed by atoms with Gasteiger partial charge in [0.15, 0.2) is 6.29 Å². The summed E-state index contributed by atoms with van der Waals surface area (Å²) < 4.78 is 89.6. The van der Waals surface area contributed by atoms with Crippen LogP contribution in [-0.4, -0.2) is 100 Å². The van der Waals surface area contributed by atoms with Crippen LogP contribution in [0.5, 0.6) is 0 Å². The van der Waals surface area contributed by atoms with Crippen LogP contribution >= 0.6 is 0 Å². The van der Waals surface area contributed by atoms with Gasteiger partial charge in [0, 0.05) is 6.92 Å². The predicted molar refractivity (Wildman–Crippen MR) is 237 cm³/mol. The molecule has 5 aromatic rings. The molecule has 0 bridgehead atoms. The lowest BCUT2D eigenvalue weighted by molar-refractivity contribution is -0.396. The van der Waals surface area contributed by atoms with Crippen LogP contribution < -0.4 is 0 Å². The number of benzene rings is 5. The molecule has 0 unspecified atom stereocenters. The van der Waals surface area contributed by atoms with Gasteiger partial charge in [-0.3, -0.25) is 8.98 Å². The second-order valence-electron chi connectivity index (χ2n) is 15.8. The van der Waals surface area contributed by atoms with E-state index in [1.54, 1.807) is 0 Å². The van der Waals surface area contributed by atoms with Crippen molar-refractivity contribution in [3.8, 4) is 0 Å². The van der Waals surface area contributed by atoms with Gasteiger partial charge >= 0.3 is 5.97 Å². The number of carbonyl (C=O) groups is 1. The van der Waals surface area contributed by atoms with Crippen molar-refractivity contribution in [2.45, 2.75) is 94.8 Å². The Bertz CT molecular complexity index is 2270. The molecule has 2 saturated heterocycles. The summed E-state index contributed by atoms with van der Waals surface area (Å²) in [6.07, 6.45) is -7.94. The summed E-state index contributed by atoms with van der Waals surface area (Å²) in [5.74, 6) is -2.65. The molecule has 9 atom stereocenters. The molecular weight excluding hydrogens is 857 g/mol. The quantitative estimate of drug-likeness (QED) is 0.0575. The van der Waals surface area contributed by atoms with Crippen LogP contribution in [0.15, 0.2) is 152 Å². The molecule has 1 N–H and O–H groups in total. The van der Waals surface area contributed by atoms with Crippen molar-refractivity contribution in [1.29, 1.82) is 0 Å². The molecule has 14 nitrogen and oxygen atoms in total. The molecule has 2 fully saturated rings. The average molecular weight is 913 g/mol. The molecule has 0 radical (unpaired) electrons. The molecule has 0 aromatic heterocycles. The number of hydrogen-bond donors (Lipinski definition) is 1. The molecular formula is C50H56O14S. The third-order valence-electron chi connectivity index (χ3n) is 10.9. The molecule has 7 rings (SSSR count). The van der Waals surface area contributed by atoms with Crippen molar-refractivity contribution >= 4 is 16.1 Å².